The van der Waals surface area contributed by atoms with E-state index in [2.05, 4.69) is 28.3 Å². The van der Waals surface area contributed by atoms with Gasteiger partial charge < -0.3 is 11.1 Å². The minimum absolute atomic E-state index is 0.100. The second-order valence-corrected chi connectivity index (χ2v) is 5.80. The number of hydrogen-bond donors (Lipinski definition) is 2. The van der Waals surface area contributed by atoms with E-state index < -0.39 is 0 Å². The van der Waals surface area contributed by atoms with Crippen molar-refractivity contribution in [2.75, 3.05) is 5.32 Å². The van der Waals surface area contributed by atoms with Crippen molar-refractivity contribution in [3.8, 4) is 0 Å². The number of carbonyl (C=O) groups excluding carboxylic acids is 1. The Hall–Kier alpha value is -1.40. The summed E-state index contributed by atoms with van der Waals surface area (Å²) in [5.74, 6) is 0.302. The average molecular weight is 299 g/mol. The van der Waals surface area contributed by atoms with Crippen LogP contribution in [0.5, 0.6) is 0 Å². The number of nitrogens with two attached hydrogens (primary N) is 1. The molecule has 19 heavy (non-hydrogen) atoms. The third-order valence-corrected chi connectivity index (χ3v) is 4.00. The minimum atomic E-state index is -0.351. The molecule has 5 nitrogen and oxygen atoms in total. The molecule has 2 rings (SSSR count). The van der Waals surface area contributed by atoms with Gasteiger partial charge in [-0.2, -0.15) is 0 Å². The monoisotopic (exact) mass is 298 g/mol. The fraction of sp³-hybridized carbons (Fsp3) is 0.417. The Balaban J connectivity index is 2.35. The Morgan fingerprint density at radius 2 is 2.32 bits per heavy atom. The van der Waals surface area contributed by atoms with Gasteiger partial charge in [0.2, 0.25) is 11.2 Å². The number of nitrogens with zero attached hydrogens (tertiary/aromatic N) is 2. The first-order chi connectivity index (χ1) is 8.99. The molecule has 0 bridgehead atoms. The molecule has 1 atom stereocenters. The molecular weight excluding hydrogens is 284 g/mol. The highest BCUT2D eigenvalue weighted by Crippen LogP contribution is 2.30. The first-order valence-corrected chi connectivity index (χ1v) is 7.19. The number of rotatable bonds is 5. The summed E-state index contributed by atoms with van der Waals surface area (Å²) in [5.41, 5.74) is 5.18. The topological polar surface area (TPSA) is 80.9 Å². The normalized spacial score (nSPS) is 12.6. The molecule has 2 aromatic rings. The van der Waals surface area contributed by atoms with Crippen LogP contribution in [-0.4, -0.2) is 21.9 Å². The van der Waals surface area contributed by atoms with Gasteiger partial charge in [-0.1, -0.05) is 6.92 Å². The van der Waals surface area contributed by atoms with Gasteiger partial charge in [0, 0.05) is 17.3 Å². The van der Waals surface area contributed by atoms with E-state index in [1.54, 1.807) is 11.3 Å². The van der Waals surface area contributed by atoms with E-state index in [4.69, 9.17) is 17.3 Å². The Bertz CT molecular complexity index is 613. The standard InChI is InChI=1S/C12H15ClN4OS/c1-3-7-5-8-10(15-6(2)4-9(14)18)16-12(13)17-11(8)19-7/h5-6H,3-4H2,1-2H3,(H2,14,18)(H,15,16,17). The summed E-state index contributed by atoms with van der Waals surface area (Å²) in [5, 5.41) is 4.30. The highest BCUT2D eigenvalue weighted by atomic mass is 35.5. The number of aromatic nitrogens is 2. The number of amides is 1. The maximum absolute atomic E-state index is 10.9. The van der Waals surface area contributed by atoms with Gasteiger partial charge in [0.05, 0.1) is 5.39 Å². The van der Waals surface area contributed by atoms with Crippen LogP contribution >= 0.6 is 22.9 Å². The third-order valence-electron chi connectivity index (χ3n) is 2.66. The molecule has 0 spiro atoms. The van der Waals surface area contributed by atoms with Crippen molar-refractivity contribution in [1.82, 2.24) is 9.97 Å². The van der Waals surface area contributed by atoms with E-state index in [1.807, 2.05) is 6.92 Å². The number of aryl methyl sites for hydroxylation is 1. The Morgan fingerprint density at radius 1 is 1.58 bits per heavy atom. The van der Waals surface area contributed by atoms with Crippen LogP contribution in [0.3, 0.4) is 0 Å². The number of primary amides is 1. The molecular formula is C12H15ClN4OS. The Morgan fingerprint density at radius 3 is 2.95 bits per heavy atom. The van der Waals surface area contributed by atoms with Gasteiger partial charge in [0.25, 0.3) is 0 Å². The third kappa shape index (κ3) is 3.33. The van der Waals surface area contributed by atoms with Crippen LogP contribution in [0.15, 0.2) is 6.07 Å². The van der Waals surface area contributed by atoms with Gasteiger partial charge in [0.1, 0.15) is 10.6 Å². The molecule has 0 aliphatic heterocycles. The average Bonchev–Trinajstić information content (AvgIpc) is 2.70. The number of thiophene rings is 1. The van der Waals surface area contributed by atoms with Gasteiger partial charge in [0.15, 0.2) is 0 Å². The summed E-state index contributed by atoms with van der Waals surface area (Å²) in [4.78, 5) is 21.4. The van der Waals surface area contributed by atoms with E-state index in [1.165, 1.54) is 4.88 Å². The van der Waals surface area contributed by atoms with E-state index in [0.29, 0.717) is 5.82 Å². The van der Waals surface area contributed by atoms with Crippen molar-refractivity contribution in [2.45, 2.75) is 32.7 Å². The second-order valence-electron chi connectivity index (χ2n) is 4.34. The van der Waals surface area contributed by atoms with Crippen molar-refractivity contribution in [3.05, 3.63) is 16.2 Å². The van der Waals surface area contributed by atoms with E-state index in [9.17, 15) is 4.79 Å². The van der Waals surface area contributed by atoms with Crippen molar-refractivity contribution in [3.63, 3.8) is 0 Å². The van der Waals surface area contributed by atoms with Crippen LogP contribution in [0, 0.1) is 0 Å². The van der Waals surface area contributed by atoms with Crippen LogP contribution in [0.1, 0.15) is 25.1 Å². The number of carbonyl (C=O) groups is 1. The van der Waals surface area contributed by atoms with Crippen molar-refractivity contribution >= 4 is 44.9 Å². The fourth-order valence-electron chi connectivity index (χ4n) is 1.82. The summed E-state index contributed by atoms with van der Waals surface area (Å²) in [6.07, 6.45) is 1.18. The summed E-state index contributed by atoms with van der Waals surface area (Å²) >= 11 is 7.52. The second kappa shape index (κ2) is 5.71. The molecule has 2 aromatic heterocycles. The highest BCUT2D eigenvalue weighted by molar-refractivity contribution is 7.18. The first kappa shape index (κ1) is 14.0. The van der Waals surface area contributed by atoms with Gasteiger partial charge in [-0.25, -0.2) is 9.97 Å². The Labute approximate surface area is 120 Å². The number of anilines is 1. The summed E-state index contributed by atoms with van der Waals surface area (Å²) in [6, 6.07) is 1.95. The predicted molar refractivity (Wildman–Crippen MR) is 78.7 cm³/mol. The van der Waals surface area contributed by atoms with E-state index in [0.717, 1.165) is 16.6 Å². The predicted octanol–water partition coefficient (Wildman–Crippen LogP) is 2.58. The van der Waals surface area contributed by atoms with Crippen molar-refractivity contribution in [1.29, 1.82) is 0 Å². The minimum Gasteiger partial charge on any atom is -0.370 e. The van der Waals surface area contributed by atoms with Gasteiger partial charge in [-0.3, -0.25) is 4.79 Å². The fourth-order valence-corrected chi connectivity index (χ4v) is 3.00. The summed E-state index contributed by atoms with van der Waals surface area (Å²) < 4.78 is 0. The van der Waals surface area contributed by atoms with Crippen LogP contribution in [0.4, 0.5) is 5.82 Å². The first-order valence-electron chi connectivity index (χ1n) is 6.00. The molecule has 1 unspecified atom stereocenters. The molecule has 7 heteroatoms. The van der Waals surface area contributed by atoms with Crippen molar-refractivity contribution < 1.29 is 4.79 Å². The van der Waals surface area contributed by atoms with Gasteiger partial charge in [-0.05, 0) is 31.0 Å². The molecule has 1 amide bonds. The zero-order chi connectivity index (χ0) is 14.0. The zero-order valence-corrected chi connectivity index (χ0v) is 12.3. The Kier molecular flexibility index (Phi) is 4.21. The smallest absolute Gasteiger partial charge is 0.225 e. The molecule has 3 N–H and O–H groups in total. The molecule has 0 radical (unpaired) electrons. The highest BCUT2D eigenvalue weighted by Gasteiger charge is 2.13. The molecule has 0 aliphatic rings. The molecule has 102 valence electrons. The number of hydrogen-bond acceptors (Lipinski definition) is 5. The quantitative estimate of drug-likeness (QED) is 0.831. The molecule has 0 saturated heterocycles. The molecule has 0 saturated carbocycles. The van der Waals surface area contributed by atoms with Crippen LogP contribution < -0.4 is 11.1 Å². The lowest BCUT2D eigenvalue weighted by Gasteiger charge is -2.13. The van der Waals surface area contributed by atoms with Gasteiger partial charge in [-0.15, -0.1) is 11.3 Å². The largest absolute Gasteiger partial charge is 0.370 e. The molecule has 0 aromatic carbocycles. The summed E-state index contributed by atoms with van der Waals surface area (Å²) in [7, 11) is 0. The van der Waals surface area contributed by atoms with Crippen LogP contribution in [-0.2, 0) is 11.2 Å². The van der Waals surface area contributed by atoms with E-state index >= 15 is 0 Å². The number of halogens is 1. The zero-order valence-electron chi connectivity index (χ0n) is 10.7. The lowest BCUT2D eigenvalue weighted by atomic mass is 10.2. The van der Waals surface area contributed by atoms with E-state index in [-0.39, 0.29) is 23.7 Å². The van der Waals surface area contributed by atoms with Crippen LogP contribution in [0.25, 0.3) is 10.2 Å². The maximum Gasteiger partial charge on any atom is 0.225 e. The lowest BCUT2D eigenvalue weighted by molar-refractivity contribution is -0.118. The molecule has 2 heterocycles. The molecule has 0 fully saturated rings. The van der Waals surface area contributed by atoms with Crippen LogP contribution in [0.2, 0.25) is 5.28 Å². The summed E-state index contributed by atoms with van der Waals surface area (Å²) in [6.45, 7) is 3.96. The SMILES string of the molecule is CCc1cc2c(NC(C)CC(N)=O)nc(Cl)nc2s1. The lowest BCUT2D eigenvalue weighted by Crippen LogP contribution is -2.24. The maximum atomic E-state index is 10.9. The number of nitrogens with one attached hydrogen (secondary N) is 1. The number of fused-ring (bicyclic) bond motifs is 1. The van der Waals surface area contributed by atoms with Crippen molar-refractivity contribution in [2.24, 2.45) is 5.73 Å². The molecule has 0 aliphatic carbocycles. The van der Waals surface area contributed by atoms with Gasteiger partial charge >= 0.3 is 0 Å².